The Balaban J connectivity index is 2.39. The van der Waals surface area contributed by atoms with Crippen LogP contribution in [0.3, 0.4) is 0 Å². The summed E-state index contributed by atoms with van der Waals surface area (Å²) in [6, 6.07) is 0.176. The van der Waals surface area contributed by atoms with Crippen LogP contribution in [0.15, 0.2) is 4.52 Å². The van der Waals surface area contributed by atoms with Gasteiger partial charge in [0.25, 0.3) is 0 Å². The molecule has 0 aromatic carbocycles. The summed E-state index contributed by atoms with van der Waals surface area (Å²) in [5, 5.41) is 6.98. The Morgan fingerprint density at radius 3 is 2.65 bits per heavy atom. The average Bonchev–Trinajstić information content (AvgIpc) is 2.81. The minimum atomic E-state index is -4.31. The van der Waals surface area contributed by atoms with E-state index >= 15 is 0 Å². The Labute approximate surface area is 115 Å². The molecule has 0 bridgehead atoms. The predicted octanol–water partition coefficient (Wildman–Crippen LogP) is 2.29. The molecular formula is C12H20F3N3O2. The number of hydrogen-bond donors (Lipinski definition) is 1. The fourth-order valence-electron chi connectivity index (χ4n) is 1.62. The van der Waals surface area contributed by atoms with Crippen molar-refractivity contribution in [3.63, 3.8) is 0 Å². The SMILES string of the molecule is CCNC(C)C(C)c1nc(CCOCC(F)(F)F)no1. The molecule has 116 valence electrons. The molecule has 8 heteroatoms. The smallest absolute Gasteiger partial charge is 0.372 e. The molecule has 0 saturated carbocycles. The number of nitrogens with zero attached hydrogens (tertiary/aromatic N) is 2. The first-order chi connectivity index (χ1) is 9.33. The third-order valence-corrected chi connectivity index (χ3v) is 2.89. The van der Waals surface area contributed by atoms with Gasteiger partial charge < -0.3 is 14.6 Å². The lowest BCUT2D eigenvalue weighted by Crippen LogP contribution is -2.30. The maximum atomic E-state index is 11.9. The van der Waals surface area contributed by atoms with Crippen LogP contribution >= 0.6 is 0 Å². The molecule has 5 nitrogen and oxygen atoms in total. The third kappa shape index (κ3) is 5.87. The van der Waals surface area contributed by atoms with Gasteiger partial charge in [-0.3, -0.25) is 0 Å². The van der Waals surface area contributed by atoms with E-state index in [0.29, 0.717) is 11.7 Å². The fraction of sp³-hybridized carbons (Fsp3) is 0.833. The fourth-order valence-corrected chi connectivity index (χ4v) is 1.62. The predicted molar refractivity (Wildman–Crippen MR) is 66.4 cm³/mol. The summed E-state index contributed by atoms with van der Waals surface area (Å²) in [5.41, 5.74) is 0. The van der Waals surface area contributed by atoms with Crippen molar-refractivity contribution in [3.05, 3.63) is 11.7 Å². The van der Waals surface area contributed by atoms with Gasteiger partial charge in [-0.2, -0.15) is 18.2 Å². The molecule has 2 unspecified atom stereocenters. The topological polar surface area (TPSA) is 60.2 Å². The molecule has 0 spiro atoms. The normalized spacial score (nSPS) is 15.3. The van der Waals surface area contributed by atoms with Gasteiger partial charge in [0.15, 0.2) is 5.82 Å². The van der Waals surface area contributed by atoms with Crippen LogP contribution in [0.1, 0.15) is 38.4 Å². The first kappa shape index (κ1) is 16.9. The van der Waals surface area contributed by atoms with Crippen molar-refractivity contribution in [2.75, 3.05) is 19.8 Å². The van der Waals surface area contributed by atoms with Gasteiger partial charge in [0.1, 0.15) is 6.61 Å². The molecule has 1 rings (SSSR count). The Morgan fingerprint density at radius 1 is 1.35 bits per heavy atom. The molecule has 1 aromatic heterocycles. The molecule has 0 fully saturated rings. The monoisotopic (exact) mass is 295 g/mol. The number of nitrogens with one attached hydrogen (secondary N) is 1. The van der Waals surface area contributed by atoms with Crippen LogP contribution in [0.4, 0.5) is 13.2 Å². The number of aromatic nitrogens is 2. The van der Waals surface area contributed by atoms with Crippen LogP contribution in [0, 0.1) is 0 Å². The second-order valence-corrected chi connectivity index (χ2v) is 4.60. The lowest BCUT2D eigenvalue weighted by Gasteiger charge is -2.16. The maximum Gasteiger partial charge on any atom is 0.411 e. The number of hydrogen-bond acceptors (Lipinski definition) is 5. The van der Waals surface area contributed by atoms with E-state index in [-0.39, 0.29) is 25.0 Å². The molecule has 1 N–H and O–H groups in total. The minimum absolute atomic E-state index is 0.0345. The molecular weight excluding hydrogens is 275 g/mol. The minimum Gasteiger partial charge on any atom is -0.372 e. The van der Waals surface area contributed by atoms with E-state index in [1.165, 1.54) is 0 Å². The summed E-state index contributed by atoms with van der Waals surface area (Å²) in [7, 11) is 0. The van der Waals surface area contributed by atoms with Crippen molar-refractivity contribution < 1.29 is 22.4 Å². The van der Waals surface area contributed by atoms with Crippen LogP contribution in [-0.4, -0.2) is 42.1 Å². The van der Waals surface area contributed by atoms with E-state index in [2.05, 4.69) is 20.2 Å². The summed E-state index contributed by atoms with van der Waals surface area (Å²) in [6.07, 6.45) is -4.11. The van der Waals surface area contributed by atoms with E-state index in [1.807, 2.05) is 20.8 Å². The Bertz CT molecular complexity index is 396. The number of rotatable bonds is 8. The van der Waals surface area contributed by atoms with E-state index in [4.69, 9.17) is 4.52 Å². The summed E-state index contributed by atoms with van der Waals surface area (Å²) >= 11 is 0. The molecule has 0 aliphatic rings. The van der Waals surface area contributed by atoms with E-state index < -0.39 is 12.8 Å². The zero-order chi connectivity index (χ0) is 15.2. The molecule has 0 aliphatic carbocycles. The van der Waals surface area contributed by atoms with Crippen LogP contribution < -0.4 is 5.32 Å². The van der Waals surface area contributed by atoms with Crippen molar-refractivity contribution in [2.24, 2.45) is 0 Å². The molecule has 20 heavy (non-hydrogen) atoms. The summed E-state index contributed by atoms with van der Waals surface area (Å²) in [5.74, 6) is 0.870. The standard InChI is InChI=1S/C12H20F3N3O2/c1-4-16-9(3)8(2)11-17-10(18-20-11)5-6-19-7-12(13,14)15/h8-9,16H,4-7H2,1-3H3. The third-order valence-electron chi connectivity index (χ3n) is 2.89. The summed E-state index contributed by atoms with van der Waals surface area (Å²) in [4.78, 5) is 4.17. The zero-order valence-corrected chi connectivity index (χ0v) is 11.8. The molecule has 0 radical (unpaired) electrons. The van der Waals surface area contributed by atoms with E-state index in [0.717, 1.165) is 6.54 Å². The summed E-state index contributed by atoms with van der Waals surface area (Å²) in [6.45, 7) is 5.44. The molecule has 0 aliphatic heterocycles. The summed E-state index contributed by atoms with van der Waals surface area (Å²) < 4.78 is 45.2. The van der Waals surface area contributed by atoms with Crippen molar-refractivity contribution in [2.45, 2.75) is 45.3 Å². The lowest BCUT2D eigenvalue weighted by atomic mass is 10.0. The highest BCUT2D eigenvalue weighted by molar-refractivity contribution is 4.96. The first-order valence-corrected chi connectivity index (χ1v) is 6.53. The van der Waals surface area contributed by atoms with E-state index in [1.54, 1.807) is 0 Å². The second-order valence-electron chi connectivity index (χ2n) is 4.60. The number of ether oxygens (including phenoxy) is 1. The van der Waals surface area contributed by atoms with Crippen molar-refractivity contribution in [3.8, 4) is 0 Å². The number of halogens is 3. The van der Waals surface area contributed by atoms with Gasteiger partial charge >= 0.3 is 6.18 Å². The lowest BCUT2D eigenvalue weighted by molar-refractivity contribution is -0.173. The highest BCUT2D eigenvalue weighted by Crippen LogP contribution is 2.17. The Hall–Kier alpha value is -1.15. The number of alkyl halides is 3. The van der Waals surface area contributed by atoms with Crippen LogP contribution in [-0.2, 0) is 11.2 Å². The van der Waals surface area contributed by atoms with Gasteiger partial charge in [-0.25, -0.2) is 0 Å². The van der Waals surface area contributed by atoms with Crippen LogP contribution in [0.2, 0.25) is 0 Å². The Kier molecular flexibility index (Phi) is 6.41. The Morgan fingerprint density at radius 2 is 2.05 bits per heavy atom. The molecule has 0 saturated heterocycles. The van der Waals surface area contributed by atoms with Gasteiger partial charge in [-0.15, -0.1) is 0 Å². The highest BCUT2D eigenvalue weighted by Gasteiger charge is 2.27. The first-order valence-electron chi connectivity index (χ1n) is 6.53. The highest BCUT2D eigenvalue weighted by atomic mass is 19.4. The van der Waals surface area contributed by atoms with Crippen LogP contribution in [0.5, 0.6) is 0 Å². The van der Waals surface area contributed by atoms with Crippen molar-refractivity contribution in [1.29, 1.82) is 0 Å². The van der Waals surface area contributed by atoms with Crippen molar-refractivity contribution in [1.82, 2.24) is 15.5 Å². The largest absolute Gasteiger partial charge is 0.411 e. The second kappa shape index (κ2) is 7.58. The van der Waals surface area contributed by atoms with Gasteiger partial charge in [0.05, 0.1) is 12.5 Å². The molecule has 2 atom stereocenters. The van der Waals surface area contributed by atoms with Gasteiger partial charge in [-0.1, -0.05) is 19.0 Å². The van der Waals surface area contributed by atoms with Gasteiger partial charge in [0.2, 0.25) is 5.89 Å². The van der Waals surface area contributed by atoms with Gasteiger partial charge in [-0.05, 0) is 13.5 Å². The molecule has 1 aromatic rings. The van der Waals surface area contributed by atoms with Crippen LogP contribution in [0.25, 0.3) is 0 Å². The zero-order valence-electron chi connectivity index (χ0n) is 11.8. The van der Waals surface area contributed by atoms with Crippen molar-refractivity contribution >= 4 is 0 Å². The number of likely N-dealkylation sites (N-methyl/N-ethyl adjacent to an activating group) is 1. The molecule has 0 amide bonds. The maximum absolute atomic E-state index is 11.9. The van der Waals surface area contributed by atoms with E-state index in [9.17, 15) is 13.2 Å². The average molecular weight is 295 g/mol. The van der Waals surface area contributed by atoms with Gasteiger partial charge in [0, 0.05) is 12.5 Å². The quantitative estimate of drug-likeness (QED) is 0.746. The molecule has 1 heterocycles.